The van der Waals surface area contributed by atoms with Crippen LogP contribution in [0.1, 0.15) is 24.2 Å². The third-order valence-electron chi connectivity index (χ3n) is 3.12. The van der Waals surface area contributed by atoms with Crippen molar-refractivity contribution in [3.8, 4) is 0 Å². The molecule has 0 aliphatic heterocycles. The number of thioether (sulfide) groups is 1. The van der Waals surface area contributed by atoms with Crippen LogP contribution >= 0.6 is 23.4 Å². The smallest absolute Gasteiger partial charge is 0.124 e. The predicted octanol–water partition coefficient (Wildman–Crippen LogP) is 5.05. The predicted molar refractivity (Wildman–Crippen MR) is 84.7 cm³/mol. The van der Waals surface area contributed by atoms with E-state index in [-0.39, 0.29) is 17.1 Å². The van der Waals surface area contributed by atoms with Crippen molar-refractivity contribution in [3.05, 3.63) is 64.9 Å². The molecule has 0 spiro atoms. The summed E-state index contributed by atoms with van der Waals surface area (Å²) in [5, 5.41) is 0.785. The highest BCUT2D eigenvalue weighted by Gasteiger charge is 2.20. The van der Waals surface area contributed by atoms with Crippen molar-refractivity contribution >= 4 is 23.4 Å². The van der Waals surface area contributed by atoms with Crippen molar-refractivity contribution in [1.29, 1.82) is 0 Å². The van der Waals surface area contributed by atoms with Crippen LogP contribution in [0.5, 0.6) is 0 Å². The molecule has 2 rings (SSSR count). The molecule has 0 radical (unpaired) electrons. The first-order valence-electron chi connectivity index (χ1n) is 6.53. The fourth-order valence-corrected chi connectivity index (χ4v) is 3.37. The van der Waals surface area contributed by atoms with Gasteiger partial charge in [0.2, 0.25) is 0 Å². The highest BCUT2D eigenvalue weighted by Crippen LogP contribution is 2.38. The van der Waals surface area contributed by atoms with Crippen molar-refractivity contribution in [2.45, 2.75) is 29.5 Å². The van der Waals surface area contributed by atoms with E-state index in [1.54, 1.807) is 17.8 Å². The number of nitrogens with two attached hydrogens (primary N) is 1. The van der Waals surface area contributed by atoms with Gasteiger partial charge in [0.25, 0.3) is 0 Å². The second-order valence-electron chi connectivity index (χ2n) is 4.62. The third-order valence-corrected chi connectivity index (χ3v) is 4.77. The Hall–Kier alpha value is -1.03. The maximum atomic E-state index is 13.3. The molecule has 106 valence electrons. The molecule has 2 atom stereocenters. The second-order valence-corrected chi connectivity index (χ2v) is 6.27. The van der Waals surface area contributed by atoms with Gasteiger partial charge in [0.1, 0.15) is 5.82 Å². The first-order valence-corrected chi connectivity index (χ1v) is 7.79. The van der Waals surface area contributed by atoms with Crippen LogP contribution in [0.2, 0.25) is 5.02 Å². The molecule has 2 aromatic carbocycles. The Morgan fingerprint density at radius 1 is 1.20 bits per heavy atom. The number of rotatable bonds is 5. The van der Waals surface area contributed by atoms with E-state index in [9.17, 15) is 4.39 Å². The van der Waals surface area contributed by atoms with Crippen molar-refractivity contribution in [3.63, 3.8) is 0 Å². The highest BCUT2D eigenvalue weighted by atomic mass is 35.5. The van der Waals surface area contributed by atoms with Crippen LogP contribution in [0.25, 0.3) is 0 Å². The zero-order valence-electron chi connectivity index (χ0n) is 11.2. The van der Waals surface area contributed by atoms with Gasteiger partial charge in [-0.2, -0.15) is 0 Å². The van der Waals surface area contributed by atoms with Gasteiger partial charge in [-0.3, -0.25) is 0 Å². The molecule has 2 aromatic rings. The van der Waals surface area contributed by atoms with Gasteiger partial charge in [-0.25, -0.2) is 4.39 Å². The Kier molecular flexibility index (Phi) is 5.46. The lowest BCUT2D eigenvalue weighted by molar-refractivity contribution is 0.622. The van der Waals surface area contributed by atoms with E-state index in [0.29, 0.717) is 5.02 Å². The van der Waals surface area contributed by atoms with Gasteiger partial charge < -0.3 is 5.73 Å². The van der Waals surface area contributed by atoms with Crippen molar-refractivity contribution < 1.29 is 4.39 Å². The quantitative estimate of drug-likeness (QED) is 0.782. The van der Waals surface area contributed by atoms with Crippen LogP contribution in [-0.2, 0) is 0 Å². The third kappa shape index (κ3) is 3.98. The van der Waals surface area contributed by atoms with Crippen molar-refractivity contribution in [1.82, 2.24) is 0 Å². The molecule has 0 saturated heterocycles. The molecule has 0 fully saturated rings. The van der Waals surface area contributed by atoms with Gasteiger partial charge in [-0.1, -0.05) is 36.7 Å². The van der Waals surface area contributed by atoms with Crippen LogP contribution in [0.15, 0.2) is 53.4 Å². The summed E-state index contributed by atoms with van der Waals surface area (Å²) in [6, 6.07) is 14.3. The van der Waals surface area contributed by atoms with E-state index in [0.717, 1.165) is 16.9 Å². The zero-order chi connectivity index (χ0) is 14.5. The van der Waals surface area contributed by atoms with Gasteiger partial charge in [-0.15, -0.1) is 11.8 Å². The summed E-state index contributed by atoms with van der Waals surface area (Å²) in [5.41, 5.74) is 7.33. The molecule has 20 heavy (non-hydrogen) atoms. The first-order chi connectivity index (χ1) is 9.60. The Bertz CT molecular complexity index is 559. The molecular formula is C16H17ClFNS. The fourth-order valence-electron chi connectivity index (χ4n) is 1.96. The van der Waals surface area contributed by atoms with Crippen molar-refractivity contribution in [2.24, 2.45) is 5.73 Å². The minimum Gasteiger partial charge on any atom is -0.326 e. The molecule has 0 bridgehead atoms. The first kappa shape index (κ1) is 15.4. The molecule has 0 aliphatic carbocycles. The SMILES string of the molecule is CCC(N)C(Sc1cccc(F)c1)c1ccc(Cl)cc1. The van der Waals surface area contributed by atoms with E-state index in [4.69, 9.17) is 17.3 Å². The van der Waals surface area contributed by atoms with Gasteiger partial charge in [0, 0.05) is 21.2 Å². The topological polar surface area (TPSA) is 26.0 Å². The standard InChI is InChI=1S/C16H17ClFNS/c1-2-15(19)16(11-6-8-12(17)9-7-11)20-14-5-3-4-13(18)10-14/h3-10,15-16H,2,19H2,1H3. The van der Waals surface area contributed by atoms with E-state index < -0.39 is 0 Å². The molecule has 4 heteroatoms. The molecule has 0 aromatic heterocycles. The van der Waals surface area contributed by atoms with Crippen LogP contribution in [0, 0.1) is 5.82 Å². The molecule has 2 unspecified atom stereocenters. The lowest BCUT2D eigenvalue weighted by Gasteiger charge is -2.23. The maximum absolute atomic E-state index is 13.3. The number of hydrogen-bond acceptors (Lipinski definition) is 2. The largest absolute Gasteiger partial charge is 0.326 e. The zero-order valence-corrected chi connectivity index (χ0v) is 12.8. The van der Waals surface area contributed by atoms with Crippen molar-refractivity contribution in [2.75, 3.05) is 0 Å². The second kappa shape index (κ2) is 7.11. The number of hydrogen-bond donors (Lipinski definition) is 1. The molecule has 0 heterocycles. The van der Waals surface area contributed by atoms with E-state index in [1.807, 2.05) is 30.3 Å². The summed E-state index contributed by atoms with van der Waals surface area (Å²) in [6.07, 6.45) is 0.857. The Morgan fingerprint density at radius 3 is 2.50 bits per heavy atom. The average Bonchev–Trinajstić information content (AvgIpc) is 2.45. The summed E-state index contributed by atoms with van der Waals surface area (Å²) in [6.45, 7) is 2.06. The lowest BCUT2D eigenvalue weighted by atomic mass is 10.0. The fraction of sp³-hybridized carbons (Fsp3) is 0.250. The molecule has 2 N–H and O–H groups in total. The van der Waals surface area contributed by atoms with E-state index >= 15 is 0 Å². The Morgan fingerprint density at radius 2 is 1.90 bits per heavy atom. The molecule has 1 nitrogen and oxygen atoms in total. The van der Waals surface area contributed by atoms with Crippen LogP contribution in [0.4, 0.5) is 4.39 Å². The number of halogens is 2. The summed E-state index contributed by atoms with van der Waals surface area (Å²) < 4.78 is 13.3. The van der Waals surface area contributed by atoms with Crippen LogP contribution in [-0.4, -0.2) is 6.04 Å². The van der Waals surface area contributed by atoms with E-state index in [2.05, 4.69) is 6.92 Å². The van der Waals surface area contributed by atoms with Gasteiger partial charge in [0.15, 0.2) is 0 Å². The van der Waals surface area contributed by atoms with Crippen LogP contribution < -0.4 is 5.73 Å². The average molecular weight is 310 g/mol. The minimum absolute atomic E-state index is 0.00411. The number of benzene rings is 2. The highest BCUT2D eigenvalue weighted by molar-refractivity contribution is 7.99. The van der Waals surface area contributed by atoms with E-state index in [1.165, 1.54) is 12.1 Å². The summed E-state index contributed by atoms with van der Waals surface area (Å²) in [5.74, 6) is -0.227. The van der Waals surface area contributed by atoms with Gasteiger partial charge in [-0.05, 0) is 42.3 Å². The molecule has 0 aliphatic rings. The van der Waals surface area contributed by atoms with Crippen LogP contribution in [0.3, 0.4) is 0 Å². The maximum Gasteiger partial charge on any atom is 0.124 e. The minimum atomic E-state index is -0.227. The molecule has 0 amide bonds. The monoisotopic (exact) mass is 309 g/mol. The van der Waals surface area contributed by atoms with Gasteiger partial charge >= 0.3 is 0 Å². The van der Waals surface area contributed by atoms with Gasteiger partial charge in [0.05, 0.1) is 0 Å². The molecular weight excluding hydrogens is 293 g/mol. The summed E-state index contributed by atoms with van der Waals surface area (Å²) in [7, 11) is 0. The molecule has 0 saturated carbocycles. The summed E-state index contributed by atoms with van der Waals surface area (Å²) >= 11 is 7.51. The normalized spacial score (nSPS) is 14.0. The summed E-state index contributed by atoms with van der Waals surface area (Å²) in [4.78, 5) is 0.883. The lowest BCUT2D eigenvalue weighted by Crippen LogP contribution is -2.25. The Labute approximate surface area is 128 Å². The Balaban J connectivity index is 2.26.